The first kappa shape index (κ1) is 14.9. The normalized spacial score (nSPS) is 25.5. The summed E-state index contributed by atoms with van der Waals surface area (Å²) in [4.78, 5) is 0. The van der Waals surface area contributed by atoms with Gasteiger partial charge < -0.3 is 5.32 Å². The van der Waals surface area contributed by atoms with Crippen LogP contribution in [-0.2, 0) is 10.0 Å². The average molecular weight is 262 g/mol. The second-order valence-electron chi connectivity index (χ2n) is 5.28. The molecule has 0 amide bonds. The Hall–Kier alpha value is -0.130. The van der Waals surface area contributed by atoms with Crippen molar-refractivity contribution >= 4 is 10.0 Å². The average Bonchev–Trinajstić information content (AvgIpc) is 2.29. The molecule has 1 saturated heterocycles. The summed E-state index contributed by atoms with van der Waals surface area (Å²) in [5.74, 6) is 0.567. The van der Waals surface area contributed by atoms with Gasteiger partial charge in [0.2, 0.25) is 10.0 Å². The minimum absolute atomic E-state index is 0.0388. The lowest BCUT2D eigenvalue weighted by Gasteiger charge is -2.25. The van der Waals surface area contributed by atoms with Gasteiger partial charge in [0, 0.05) is 12.6 Å². The summed E-state index contributed by atoms with van der Waals surface area (Å²) < 4.78 is 27.1. The molecule has 0 aromatic heterocycles. The van der Waals surface area contributed by atoms with E-state index >= 15 is 0 Å². The molecule has 0 aromatic rings. The molecule has 1 fully saturated rings. The SMILES string of the molecule is CCC(C)CC(C)NS(=O)(=O)C1CCCNC1. The summed E-state index contributed by atoms with van der Waals surface area (Å²) in [6.45, 7) is 7.78. The van der Waals surface area contributed by atoms with Crippen molar-refractivity contribution in [3.05, 3.63) is 0 Å². The summed E-state index contributed by atoms with van der Waals surface area (Å²) in [6, 6.07) is 0.0388. The van der Waals surface area contributed by atoms with Crippen LogP contribution >= 0.6 is 0 Å². The van der Waals surface area contributed by atoms with E-state index < -0.39 is 10.0 Å². The van der Waals surface area contributed by atoms with Gasteiger partial charge in [-0.25, -0.2) is 13.1 Å². The van der Waals surface area contributed by atoms with Crippen LogP contribution in [0, 0.1) is 5.92 Å². The van der Waals surface area contributed by atoms with Gasteiger partial charge in [0.1, 0.15) is 0 Å². The standard InChI is InChI=1S/C12H26N2O2S/c1-4-10(2)8-11(3)14-17(15,16)12-6-5-7-13-9-12/h10-14H,4-9H2,1-3H3. The van der Waals surface area contributed by atoms with Gasteiger partial charge in [-0.2, -0.15) is 0 Å². The van der Waals surface area contributed by atoms with Gasteiger partial charge in [-0.3, -0.25) is 0 Å². The van der Waals surface area contributed by atoms with E-state index in [1.54, 1.807) is 0 Å². The number of hydrogen-bond acceptors (Lipinski definition) is 3. The molecule has 1 rings (SSSR count). The largest absolute Gasteiger partial charge is 0.315 e. The first-order chi connectivity index (χ1) is 7.95. The molecule has 0 saturated carbocycles. The van der Waals surface area contributed by atoms with Crippen LogP contribution < -0.4 is 10.0 Å². The molecule has 0 spiro atoms. The molecule has 4 nitrogen and oxygen atoms in total. The minimum Gasteiger partial charge on any atom is -0.315 e. The third kappa shape index (κ3) is 4.94. The second kappa shape index (κ2) is 6.71. The highest BCUT2D eigenvalue weighted by molar-refractivity contribution is 7.90. The van der Waals surface area contributed by atoms with Crippen molar-refractivity contribution < 1.29 is 8.42 Å². The molecule has 1 aliphatic rings. The first-order valence-corrected chi connectivity index (χ1v) is 8.22. The summed E-state index contributed by atoms with van der Waals surface area (Å²) >= 11 is 0. The van der Waals surface area contributed by atoms with Crippen LogP contribution in [0.15, 0.2) is 0 Å². The number of rotatable bonds is 6. The Labute approximate surface area is 106 Å². The third-order valence-electron chi connectivity index (χ3n) is 3.51. The molecule has 0 aromatic carbocycles. The summed E-state index contributed by atoms with van der Waals surface area (Å²) in [5.41, 5.74) is 0. The Morgan fingerprint density at radius 2 is 2.12 bits per heavy atom. The van der Waals surface area contributed by atoms with E-state index in [2.05, 4.69) is 23.9 Å². The number of piperidine rings is 1. The van der Waals surface area contributed by atoms with Crippen LogP contribution in [0.4, 0.5) is 0 Å². The van der Waals surface area contributed by atoms with E-state index in [0.717, 1.165) is 32.2 Å². The molecule has 3 atom stereocenters. The van der Waals surface area contributed by atoms with Crippen molar-refractivity contribution in [3.8, 4) is 0 Å². The molecular formula is C12H26N2O2S. The molecule has 1 aliphatic heterocycles. The summed E-state index contributed by atoms with van der Waals surface area (Å²) in [7, 11) is -3.15. The number of nitrogens with one attached hydrogen (secondary N) is 2. The quantitative estimate of drug-likeness (QED) is 0.762. The highest BCUT2D eigenvalue weighted by Gasteiger charge is 2.28. The predicted octanol–water partition coefficient (Wildman–Crippen LogP) is 1.48. The maximum Gasteiger partial charge on any atom is 0.215 e. The van der Waals surface area contributed by atoms with E-state index in [9.17, 15) is 8.42 Å². The van der Waals surface area contributed by atoms with Crippen LogP contribution in [0.5, 0.6) is 0 Å². The fourth-order valence-electron chi connectivity index (χ4n) is 2.28. The lowest BCUT2D eigenvalue weighted by atomic mass is 10.0. The number of hydrogen-bond donors (Lipinski definition) is 2. The van der Waals surface area contributed by atoms with E-state index in [-0.39, 0.29) is 11.3 Å². The first-order valence-electron chi connectivity index (χ1n) is 6.67. The van der Waals surface area contributed by atoms with E-state index in [4.69, 9.17) is 0 Å². The molecule has 1 heterocycles. The van der Waals surface area contributed by atoms with Crippen molar-refractivity contribution in [2.24, 2.45) is 5.92 Å². The molecule has 2 N–H and O–H groups in total. The van der Waals surface area contributed by atoms with Crippen molar-refractivity contribution in [3.63, 3.8) is 0 Å². The molecular weight excluding hydrogens is 236 g/mol. The molecule has 0 radical (unpaired) electrons. The van der Waals surface area contributed by atoms with Crippen molar-refractivity contribution in [1.29, 1.82) is 0 Å². The third-order valence-corrected chi connectivity index (χ3v) is 5.52. The van der Waals surface area contributed by atoms with Crippen LogP contribution in [0.3, 0.4) is 0 Å². The zero-order valence-corrected chi connectivity index (χ0v) is 12.0. The molecule has 0 aliphatic carbocycles. The van der Waals surface area contributed by atoms with Crippen molar-refractivity contribution in [2.45, 2.75) is 57.7 Å². The molecule has 102 valence electrons. The molecule has 5 heteroatoms. The topological polar surface area (TPSA) is 58.2 Å². The van der Waals surface area contributed by atoms with Gasteiger partial charge in [0.15, 0.2) is 0 Å². The Kier molecular flexibility index (Phi) is 5.89. The zero-order chi connectivity index (χ0) is 12.9. The van der Waals surface area contributed by atoms with E-state index in [0.29, 0.717) is 12.5 Å². The monoisotopic (exact) mass is 262 g/mol. The fourth-order valence-corrected chi connectivity index (χ4v) is 3.94. The summed E-state index contributed by atoms with van der Waals surface area (Å²) in [6.07, 6.45) is 3.73. The highest BCUT2D eigenvalue weighted by Crippen LogP contribution is 2.14. The van der Waals surface area contributed by atoms with Gasteiger partial charge in [0.05, 0.1) is 5.25 Å². The second-order valence-corrected chi connectivity index (χ2v) is 7.27. The lowest BCUT2D eigenvalue weighted by molar-refractivity contribution is 0.436. The van der Waals surface area contributed by atoms with Crippen LogP contribution in [-0.4, -0.2) is 32.8 Å². The summed E-state index contributed by atoms with van der Waals surface area (Å²) in [5, 5.41) is 2.89. The number of sulfonamides is 1. The van der Waals surface area contributed by atoms with E-state index in [1.807, 2.05) is 6.92 Å². The Balaban J connectivity index is 2.47. The minimum atomic E-state index is -3.15. The zero-order valence-electron chi connectivity index (χ0n) is 11.2. The highest BCUT2D eigenvalue weighted by atomic mass is 32.2. The van der Waals surface area contributed by atoms with E-state index in [1.165, 1.54) is 0 Å². The molecule has 0 bridgehead atoms. The van der Waals surface area contributed by atoms with Gasteiger partial charge in [-0.1, -0.05) is 20.3 Å². The molecule has 17 heavy (non-hydrogen) atoms. The maximum atomic E-state index is 12.1. The Morgan fingerprint density at radius 3 is 2.65 bits per heavy atom. The maximum absolute atomic E-state index is 12.1. The smallest absolute Gasteiger partial charge is 0.215 e. The van der Waals surface area contributed by atoms with Gasteiger partial charge in [0.25, 0.3) is 0 Å². The van der Waals surface area contributed by atoms with Crippen LogP contribution in [0.25, 0.3) is 0 Å². The van der Waals surface area contributed by atoms with Gasteiger partial charge >= 0.3 is 0 Å². The Morgan fingerprint density at radius 1 is 1.41 bits per heavy atom. The predicted molar refractivity (Wildman–Crippen MR) is 71.5 cm³/mol. The van der Waals surface area contributed by atoms with Crippen LogP contribution in [0.2, 0.25) is 0 Å². The van der Waals surface area contributed by atoms with Crippen LogP contribution in [0.1, 0.15) is 46.5 Å². The van der Waals surface area contributed by atoms with Gasteiger partial charge in [-0.15, -0.1) is 0 Å². The van der Waals surface area contributed by atoms with Crippen molar-refractivity contribution in [1.82, 2.24) is 10.0 Å². The fraction of sp³-hybridized carbons (Fsp3) is 1.00. The lowest BCUT2D eigenvalue weighted by Crippen LogP contribution is -2.46. The van der Waals surface area contributed by atoms with Gasteiger partial charge in [-0.05, 0) is 38.6 Å². The van der Waals surface area contributed by atoms with Crippen molar-refractivity contribution in [2.75, 3.05) is 13.1 Å². The Bertz CT molecular complexity index is 310. The molecule has 3 unspecified atom stereocenters.